The second-order valence-electron chi connectivity index (χ2n) is 7.10. The topological polar surface area (TPSA) is 38.3 Å². The second-order valence-corrected chi connectivity index (χ2v) is 7.10. The Morgan fingerprint density at radius 1 is 1.04 bits per heavy atom. The zero-order valence-electron chi connectivity index (χ0n) is 15.3. The van der Waals surface area contributed by atoms with Crippen molar-refractivity contribution in [2.24, 2.45) is 0 Å². The first-order chi connectivity index (χ1) is 12.0. The number of nitrogens with one attached hydrogen (secondary N) is 1. The molecule has 0 saturated carbocycles. The number of benzene rings is 2. The molecular weight excluding hydrogens is 310 g/mol. The van der Waals surface area contributed by atoms with Crippen LogP contribution in [0.4, 0.5) is 0 Å². The minimum Gasteiger partial charge on any atom is -0.381 e. The Labute approximate surface area is 150 Å². The van der Waals surface area contributed by atoms with Gasteiger partial charge in [-0.3, -0.25) is 4.79 Å². The average molecular weight is 337 g/mol. The van der Waals surface area contributed by atoms with Gasteiger partial charge in [0.15, 0.2) is 0 Å². The molecule has 2 aromatic rings. The Balaban J connectivity index is 1.84. The fourth-order valence-corrected chi connectivity index (χ4v) is 3.58. The SMILES string of the molecule is Cc1ccc([C@@H](C)NC(=O)C2(c3ccccc3)CCOCC2)cc1C. The molecule has 1 heterocycles. The molecule has 0 aliphatic carbocycles. The summed E-state index contributed by atoms with van der Waals surface area (Å²) in [7, 11) is 0. The van der Waals surface area contributed by atoms with Gasteiger partial charge in [-0.15, -0.1) is 0 Å². The number of carbonyl (C=O) groups excluding carboxylic acids is 1. The summed E-state index contributed by atoms with van der Waals surface area (Å²) in [6, 6.07) is 16.5. The number of aryl methyl sites for hydroxylation is 2. The zero-order chi connectivity index (χ0) is 17.9. The zero-order valence-corrected chi connectivity index (χ0v) is 15.3. The lowest BCUT2D eigenvalue weighted by Gasteiger charge is -2.37. The van der Waals surface area contributed by atoms with Gasteiger partial charge < -0.3 is 10.1 Å². The lowest BCUT2D eigenvalue weighted by Crippen LogP contribution is -2.48. The molecule has 3 rings (SSSR count). The van der Waals surface area contributed by atoms with Gasteiger partial charge in [-0.25, -0.2) is 0 Å². The normalized spacial score (nSPS) is 17.7. The summed E-state index contributed by atoms with van der Waals surface area (Å²) < 4.78 is 5.53. The quantitative estimate of drug-likeness (QED) is 0.907. The van der Waals surface area contributed by atoms with Gasteiger partial charge >= 0.3 is 0 Å². The van der Waals surface area contributed by atoms with Crippen LogP contribution in [0.15, 0.2) is 48.5 Å². The standard InChI is InChI=1S/C22H27NO2/c1-16-9-10-19(15-17(16)2)18(3)23-21(24)22(11-13-25-14-12-22)20-7-5-4-6-8-20/h4-10,15,18H,11-14H2,1-3H3,(H,23,24)/t18-/m1/s1. The van der Waals surface area contributed by atoms with Gasteiger partial charge in [-0.05, 0) is 55.9 Å². The summed E-state index contributed by atoms with van der Waals surface area (Å²) in [4.78, 5) is 13.3. The van der Waals surface area contributed by atoms with Crippen LogP contribution in [0, 0.1) is 13.8 Å². The van der Waals surface area contributed by atoms with Crippen molar-refractivity contribution in [1.29, 1.82) is 0 Å². The molecule has 2 aromatic carbocycles. The lowest BCUT2D eigenvalue weighted by molar-refractivity contribution is -0.131. The summed E-state index contributed by atoms with van der Waals surface area (Å²) in [5.74, 6) is 0.104. The van der Waals surface area contributed by atoms with E-state index >= 15 is 0 Å². The third-order valence-corrected chi connectivity index (χ3v) is 5.49. The van der Waals surface area contributed by atoms with Crippen LogP contribution in [0.1, 0.15) is 48.1 Å². The lowest BCUT2D eigenvalue weighted by atomic mass is 9.73. The smallest absolute Gasteiger partial charge is 0.231 e. The van der Waals surface area contributed by atoms with Gasteiger partial charge in [-0.1, -0.05) is 48.5 Å². The van der Waals surface area contributed by atoms with E-state index in [1.54, 1.807) is 0 Å². The Kier molecular flexibility index (Phi) is 5.24. The van der Waals surface area contributed by atoms with Crippen molar-refractivity contribution in [2.45, 2.75) is 45.1 Å². The maximum Gasteiger partial charge on any atom is 0.231 e. The second kappa shape index (κ2) is 7.40. The van der Waals surface area contributed by atoms with Crippen molar-refractivity contribution in [3.05, 3.63) is 70.8 Å². The summed E-state index contributed by atoms with van der Waals surface area (Å²) in [6.45, 7) is 7.52. The van der Waals surface area contributed by atoms with Gasteiger partial charge in [0, 0.05) is 13.2 Å². The minimum absolute atomic E-state index is 0.0183. The molecule has 1 saturated heterocycles. The number of carbonyl (C=O) groups is 1. The van der Waals surface area contributed by atoms with Gasteiger partial charge in [-0.2, -0.15) is 0 Å². The number of hydrogen-bond donors (Lipinski definition) is 1. The van der Waals surface area contributed by atoms with Crippen molar-refractivity contribution in [3.63, 3.8) is 0 Å². The molecule has 3 heteroatoms. The number of ether oxygens (including phenoxy) is 1. The van der Waals surface area contributed by atoms with Crippen LogP contribution >= 0.6 is 0 Å². The molecule has 0 aromatic heterocycles. The predicted molar refractivity (Wildman–Crippen MR) is 101 cm³/mol. The van der Waals surface area contributed by atoms with Crippen molar-refractivity contribution < 1.29 is 9.53 Å². The Morgan fingerprint density at radius 3 is 2.36 bits per heavy atom. The third kappa shape index (κ3) is 3.62. The van der Waals surface area contributed by atoms with Crippen LogP contribution in [-0.4, -0.2) is 19.1 Å². The fourth-order valence-electron chi connectivity index (χ4n) is 3.58. The Bertz CT molecular complexity index is 733. The maximum atomic E-state index is 13.3. The van der Waals surface area contributed by atoms with E-state index in [1.165, 1.54) is 11.1 Å². The highest BCUT2D eigenvalue weighted by atomic mass is 16.5. The van der Waals surface area contributed by atoms with Crippen LogP contribution < -0.4 is 5.32 Å². The molecule has 1 N–H and O–H groups in total. The van der Waals surface area contributed by atoms with E-state index in [0.717, 1.165) is 24.0 Å². The number of hydrogen-bond acceptors (Lipinski definition) is 2. The van der Waals surface area contributed by atoms with Crippen molar-refractivity contribution in [2.75, 3.05) is 13.2 Å². The number of rotatable bonds is 4. The summed E-state index contributed by atoms with van der Waals surface area (Å²) >= 11 is 0. The van der Waals surface area contributed by atoms with Crippen LogP contribution in [-0.2, 0) is 14.9 Å². The molecule has 0 radical (unpaired) electrons. The minimum atomic E-state index is -0.493. The van der Waals surface area contributed by atoms with Crippen molar-refractivity contribution in [3.8, 4) is 0 Å². The molecular formula is C22H27NO2. The van der Waals surface area contributed by atoms with Crippen LogP contribution in [0.25, 0.3) is 0 Å². The molecule has 1 amide bonds. The van der Waals surface area contributed by atoms with Gasteiger partial charge in [0.25, 0.3) is 0 Å². The Morgan fingerprint density at radius 2 is 1.72 bits per heavy atom. The summed E-state index contributed by atoms with van der Waals surface area (Å²) in [5.41, 5.74) is 4.26. The maximum absolute atomic E-state index is 13.3. The average Bonchev–Trinajstić information content (AvgIpc) is 2.65. The molecule has 0 spiro atoms. The fraction of sp³-hybridized carbons (Fsp3) is 0.409. The highest BCUT2D eigenvalue weighted by Gasteiger charge is 2.42. The monoisotopic (exact) mass is 337 g/mol. The van der Waals surface area contributed by atoms with E-state index in [4.69, 9.17) is 4.74 Å². The molecule has 1 fully saturated rings. The van der Waals surface area contributed by atoms with Gasteiger partial charge in [0.05, 0.1) is 11.5 Å². The van der Waals surface area contributed by atoms with Crippen LogP contribution in [0.3, 0.4) is 0 Å². The molecule has 3 nitrogen and oxygen atoms in total. The third-order valence-electron chi connectivity index (χ3n) is 5.49. The first kappa shape index (κ1) is 17.7. The van der Waals surface area contributed by atoms with Gasteiger partial charge in [0.2, 0.25) is 5.91 Å². The molecule has 1 aliphatic rings. The van der Waals surface area contributed by atoms with Crippen molar-refractivity contribution in [1.82, 2.24) is 5.32 Å². The summed E-state index contributed by atoms with van der Waals surface area (Å²) in [6.07, 6.45) is 1.45. The molecule has 0 bridgehead atoms. The number of amides is 1. The van der Waals surface area contributed by atoms with E-state index in [-0.39, 0.29) is 11.9 Å². The molecule has 1 aliphatic heterocycles. The van der Waals surface area contributed by atoms with Gasteiger partial charge in [0.1, 0.15) is 0 Å². The van der Waals surface area contributed by atoms with Crippen molar-refractivity contribution >= 4 is 5.91 Å². The van der Waals surface area contributed by atoms with Crippen LogP contribution in [0.5, 0.6) is 0 Å². The molecule has 1 atom stereocenters. The Hall–Kier alpha value is -2.13. The van der Waals surface area contributed by atoms with E-state index in [1.807, 2.05) is 18.2 Å². The first-order valence-corrected chi connectivity index (χ1v) is 9.04. The van der Waals surface area contributed by atoms with E-state index < -0.39 is 5.41 Å². The van der Waals surface area contributed by atoms with E-state index in [0.29, 0.717) is 13.2 Å². The van der Waals surface area contributed by atoms with E-state index in [2.05, 4.69) is 56.4 Å². The molecule has 0 unspecified atom stereocenters. The molecule has 25 heavy (non-hydrogen) atoms. The highest BCUT2D eigenvalue weighted by Crippen LogP contribution is 2.35. The predicted octanol–water partition coefficient (Wildman–Crippen LogP) is 4.23. The van der Waals surface area contributed by atoms with Crippen LogP contribution in [0.2, 0.25) is 0 Å². The first-order valence-electron chi connectivity index (χ1n) is 9.04. The largest absolute Gasteiger partial charge is 0.381 e. The molecule has 132 valence electrons. The summed E-state index contributed by atoms with van der Waals surface area (Å²) in [5, 5.41) is 3.26. The highest BCUT2D eigenvalue weighted by molar-refractivity contribution is 5.88. The van der Waals surface area contributed by atoms with E-state index in [9.17, 15) is 4.79 Å².